The fraction of sp³-hybridized carbons (Fsp3) is 1.00. The van der Waals surface area contributed by atoms with Gasteiger partial charge in [-0.3, -0.25) is 0 Å². The van der Waals surface area contributed by atoms with Crippen molar-refractivity contribution in [1.82, 2.24) is 0 Å². The van der Waals surface area contributed by atoms with Crippen LogP contribution in [0.1, 0.15) is 115 Å². The lowest BCUT2D eigenvalue weighted by atomic mass is 9.42. The van der Waals surface area contributed by atoms with Gasteiger partial charge in [0.2, 0.25) is 0 Å². The van der Waals surface area contributed by atoms with Crippen LogP contribution in [0.5, 0.6) is 0 Å². The predicted molar refractivity (Wildman–Crippen MR) is 205 cm³/mol. The number of hydrogen-bond donors (Lipinski definition) is 1. The van der Waals surface area contributed by atoms with E-state index in [9.17, 15) is 5.11 Å². The van der Waals surface area contributed by atoms with E-state index in [-0.39, 0.29) is 56.1 Å². The van der Waals surface area contributed by atoms with Crippen molar-refractivity contribution in [1.29, 1.82) is 0 Å². The summed E-state index contributed by atoms with van der Waals surface area (Å²) in [5.74, 6) is 0.327. The highest BCUT2D eigenvalue weighted by atomic mass is 28.4. The Bertz CT molecular complexity index is 1180. The molecule has 1 saturated heterocycles. The summed E-state index contributed by atoms with van der Waals surface area (Å²) < 4.78 is 35.8. The molecule has 5 fully saturated rings. The summed E-state index contributed by atoms with van der Waals surface area (Å²) in [6, 6.07) is 0. The van der Waals surface area contributed by atoms with Gasteiger partial charge in [-0.05, 0) is 116 Å². The molecule has 6 nitrogen and oxygen atoms in total. The van der Waals surface area contributed by atoms with E-state index in [0.29, 0.717) is 25.0 Å². The van der Waals surface area contributed by atoms with Crippen LogP contribution in [0.4, 0.5) is 0 Å². The van der Waals surface area contributed by atoms with E-state index in [1.54, 1.807) is 0 Å². The van der Waals surface area contributed by atoms with Crippen LogP contribution in [-0.4, -0.2) is 73.5 Å². The lowest BCUT2D eigenvalue weighted by Crippen LogP contribution is -2.71. The minimum atomic E-state index is -2.26. The Labute approximate surface area is 298 Å². The summed E-state index contributed by atoms with van der Waals surface area (Å²) in [6.45, 7) is 41.8. The Morgan fingerprint density at radius 2 is 1.17 bits per heavy atom. The minimum Gasteiger partial charge on any atom is -0.414 e. The van der Waals surface area contributed by atoms with Crippen LogP contribution in [0.25, 0.3) is 0 Å². The Hall–Kier alpha value is 0.411. The fourth-order valence-electron chi connectivity index (χ4n) is 10.2. The largest absolute Gasteiger partial charge is 0.414 e. The highest BCUT2D eigenvalue weighted by molar-refractivity contribution is 6.75. The van der Waals surface area contributed by atoms with E-state index >= 15 is 0 Å². The Morgan fingerprint density at radius 3 is 1.69 bits per heavy atom. The molecule has 9 heteroatoms. The van der Waals surface area contributed by atoms with Gasteiger partial charge >= 0.3 is 0 Å². The Kier molecular flexibility index (Phi) is 10.1. The van der Waals surface area contributed by atoms with Crippen molar-refractivity contribution < 1.29 is 27.9 Å². The lowest BCUT2D eigenvalue weighted by molar-refractivity contribution is -0.285. The molecule has 1 spiro atoms. The number of ether oxygens (including phenoxy) is 2. The van der Waals surface area contributed by atoms with Crippen molar-refractivity contribution in [2.75, 3.05) is 13.2 Å². The summed E-state index contributed by atoms with van der Waals surface area (Å²) in [5, 5.41) is 13.2. The van der Waals surface area contributed by atoms with E-state index in [1.165, 1.54) is 0 Å². The van der Waals surface area contributed by atoms with E-state index in [2.05, 4.69) is 115 Å². The molecule has 5 rings (SSSR count). The molecule has 10 atom stereocenters. The predicted octanol–water partition coefficient (Wildman–Crippen LogP) is 10.1. The van der Waals surface area contributed by atoms with Gasteiger partial charge in [0.1, 0.15) is 0 Å². The first-order valence-corrected chi connectivity index (χ1v) is 28.3. The van der Waals surface area contributed by atoms with Crippen molar-refractivity contribution in [3.05, 3.63) is 0 Å². The van der Waals surface area contributed by atoms with Crippen molar-refractivity contribution >= 4 is 25.0 Å². The Morgan fingerprint density at radius 1 is 0.667 bits per heavy atom. The van der Waals surface area contributed by atoms with Gasteiger partial charge in [0, 0.05) is 24.0 Å². The molecule has 0 radical (unpaired) electrons. The molecule has 1 N–H and O–H groups in total. The maximum atomic E-state index is 12.9. The first-order valence-electron chi connectivity index (χ1n) is 19.5. The molecule has 0 bridgehead atoms. The molecule has 0 aromatic carbocycles. The molecular formula is C39H76O6Si3. The van der Waals surface area contributed by atoms with E-state index in [4.69, 9.17) is 22.8 Å². The molecule has 0 amide bonds. The fourth-order valence-corrected chi connectivity index (χ4v) is 14.3. The van der Waals surface area contributed by atoms with Crippen molar-refractivity contribution in [2.24, 2.45) is 34.5 Å². The number of aliphatic hydroxyl groups excluding tert-OH is 1. The van der Waals surface area contributed by atoms with Gasteiger partial charge in [-0.2, -0.15) is 0 Å². The maximum absolute atomic E-state index is 12.9. The van der Waals surface area contributed by atoms with Gasteiger partial charge < -0.3 is 27.9 Å². The summed E-state index contributed by atoms with van der Waals surface area (Å²) >= 11 is 0. The van der Waals surface area contributed by atoms with E-state index < -0.39 is 36.8 Å². The zero-order valence-corrected chi connectivity index (χ0v) is 37.3. The molecule has 1 heterocycles. The molecule has 0 aromatic rings. The van der Waals surface area contributed by atoms with Crippen LogP contribution in [-0.2, 0) is 22.8 Å². The smallest absolute Gasteiger partial charge is 0.192 e. The van der Waals surface area contributed by atoms with Gasteiger partial charge in [0.05, 0.1) is 25.4 Å². The van der Waals surface area contributed by atoms with Crippen LogP contribution >= 0.6 is 0 Å². The molecular weight excluding hydrogens is 649 g/mol. The first kappa shape index (κ1) is 39.6. The third kappa shape index (κ3) is 6.28. The zero-order valence-electron chi connectivity index (χ0n) is 34.3. The van der Waals surface area contributed by atoms with Crippen LogP contribution in [0.2, 0.25) is 54.4 Å². The molecule has 5 aliphatic rings. The number of fused-ring (bicyclic) bond motifs is 6. The molecule has 48 heavy (non-hydrogen) atoms. The van der Waals surface area contributed by atoms with E-state index in [0.717, 1.165) is 38.5 Å². The second-order valence-corrected chi connectivity index (χ2v) is 36.2. The summed E-state index contributed by atoms with van der Waals surface area (Å²) in [4.78, 5) is 0. The molecule has 0 aromatic heterocycles. The highest BCUT2D eigenvalue weighted by Gasteiger charge is 2.73. The molecule has 4 aliphatic carbocycles. The van der Waals surface area contributed by atoms with Crippen molar-refractivity contribution in [2.45, 2.75) is 199 Å². The van der Waals surface area contributed by atoms with E-state index in [1.807, 2.05) is 0 Å². The molecule has 4 saturated carbocycles. The van der Waals surface area contributed by atoms with Crippen LogP contribution in [0.15, 0.2) is 0 Å². The summed E-state index contributed by atoms with van der Waals surface area (Å²) in [6.07, 6.45) is 5.35. The lowest BCUT2D eigenvalue weighted by Gasteiger charge is -2.68. The monoisotopic (exact) mass is 724 g/mol. The van der Waals surface area contributed by atoms with Gasteiger partial charge in [0.15, 0.2) is 30.7 Å². The first-order chi connectivity index (χ1) is 21.5. The Balaban J connectivity index is 1.65. The minimum absolute atomic E-state index is 0.0348. The average Bonchev–Trinajstić information content (AvgIpc) is 3.50. The van der Waals surface area contributed by atoms with Crippen LogP contribution in [0, 0.1) is 34.5 Å². The number of rotatable bonds is 6. The molecule has 1 aliphatic heterocycles. The summed E-state index contributed by atoms with van der Waals surface area (Å²) in [7, 11) is -6.40. The van der Waals surface area contributed by atoms with Crippen LogP contribution < -0.4 is 0 Å². The number of hydrogen-bond acceptors (Lipinski definition) is 6. The average molecular weight is 725 g/mol. The second-order valence-electron chi connectivity index (χ2n) is 22.0. The topological polar surface area (TPSA) is 66.4 Å². The van der Waals surface area contributed by atoms with Crippen molar-refractivity contribution in [3.63, 3.8) is 0 Å². The third-order valence-corrected chi connectivity index (χ3v) is 29.7. The molecule has 280 valence electrons. The molecule has 0 unspecified atom stereocenters. The van der Waals surface area contributed by atoms with Gasteiger partial charge in [-0.25, -0.2) is 0 Å². The number of aliphatic hydroxyl groups is 1. The zero-order chi connectivity index (χ0) is 36.3. The second kappa shape index (κ2) is 12.2. The van der Waals surface area contributed by atoms with Gasteiger partial charge in [-0.1, -0.05) is 76.2 Å². The quantitative estimate of drug-likeness (QED) is 0.275. The SMILES string of the molecule is CC(C)(C)[Si](C)(C)O[C@H]1CC[C@]2(C)[C@@H]3[C@@H]([C@@H](O[Si](C)(C)C(C)(C)C)[C@H](O)[C@H]2C1)[C@@H]1CCC2(OCCO2)[C@@]1(C)C[C@@H]3O[Si](C)(C)C(C)(C)C. The van der Waals surface area contributed by atoms with Crippen LogP contribution in [0.3, 0.4) is 0 Å². The normalized spacial score (nSPS) is 40.9. The van der Waals surface area contributed by atoms with Gasteiger partial charge in [0.25, 0.3) is 0 Å². The third-order valence-electron chi connectivity index (χ3n) is 16.1. The summed E-state index contributed by atoms with van der Waals surface area (Å²) in [5.41, 5.74) is -0.287. The van der Waals surface area contributed by atoms with Crippen molar-refractivity contribution in [3.8, 4) is 0 Å². The standard InChI is InChI=1S/C39H76O6Si3/c1-34(2,3)46(12,13)43-26-18-20-37(10)28(24-26)32(40)33(45-48(16,17)36(7,8)9)30-27-19-21-39(41-22-23-42-39)38(27,11)25-29(31(30)37)44-47(14,15)35(4,5)6/h26-33,40H,18-25H2,1-17H3/t26-,27-,28+,29-,30-,31-,32+,33+,37-,38-/m0/s1. The highest BCUT2D eigenvalue weighted by Crippen LogP contribution is 2.71. The van der Waals surface area contributed by atoms with Gasteiger partial charge in [-0.15, -0.1) is 0 Å². The maximum Gasteiger partial charge on any atom is 0.192 e.